The molecule has 0 spiro atoms. The number of rotatable bonds is 7. The van der Waals surface area contributed by atoms with Crippen LogP contribution in [0.5, 0.6) is 0 Å². The fourth-order valence-electron chi connectivity index (χ4n) is 8.08. The van der Waals surface area contributed by atoms with Crippen molar-refractivity contribution < 1.29 is 32.7 Å². The van der Waals surface area contributed by atoms with E-state index in [0.717, 1.165) is 5.92 Å². The van der Waals surface area contributed by atoms with Crippen LogP contribution in [0.2, 0.25) is 52.4 Å². The zero-order chi connectivity index (χ0) is 31.8. The summed E-state index contributed by atoms with van der Waals surface area (Å²) in [6.07, 6.45) is 11.6. The molecule has 0 unspecified atom stereocenters. The summed E-state index contributed by atoms with van der Waals surface area (Å²) < 4.78 is 4.82. The van der Waals surface area contributed by atoms with E-state index in [-0.39, 0.29) is 38.1 Å². The van der Waals surface area contributed by atoms with Crippen LogP contribution in [-0.2, 0) is 38.1 Å². The molecule has 0 heterocycles. The summed E-state index contributed by atoms with van der Waals surface area (Å²) in [5, 5.41) is 0. The Bertz CT molecular complexity index is 955. The Balaban J connectivity index is 0.000000563. The molecule has 0 aromatic heterocycles. The van der Waals surface area contributed by atoms with E-state index in [9.17, 15) is 0 Å². The smallest absolute Gasteiger partial charge is 0.0626 e. The van der Waals surface area contributed by atoms with Crippen LogP contribution < -0.4 is 0 Å². The Morgan fingerprint density at radius 2 is 1.23 bits per heavy atom. The molecule has 1 aromatic rings. The number of hydrogen-bond donors (Lipinski definition) is 0. The molecule has 5 heteroatoms. The zero-order valence-electron chi connectivity index (χ0n) is 30.5. The van der Waals surface area contributed by atoms with Crippen LogP contribution in [0.15, 0.2) is 30.3 Å². The summed E-state index contributed by atoms with van der Waals surface area (Å²) >= 11 is 0. The third kappa shape index (κ3) is 9.97. The first-order valence-electron chi connectivity index (χ1n) is 16.5. The van der Waals surface area contributed by atoms with Gasteiger partial charge >= 0.3 is 0 Å². The van der Waals surface area contributed by atoms with Crippen molar-refractivity contribution in [2.45, 2.75) is 126 Å². The Morgan fingerprint density at radius 1 is 0.721 bits per heavy atom. The molecule has 0 amide bonds. The fraction of sp³-hybridized carbons (Fsp3) is 0.579. The number of hydrogen-bond acceptors (Lipinski definition) is 0. The van der Waals surface area contributed by atoms with Crippen molar-refractivity contribution in [1.29, 1.82) is 0 Å². The van der Waals surface area contributed by atoms with Gasteiger partial charge in [0.05, 0.1) is 8.07 Å². The Morgan fingerprint density at radius 3 is 1.70 bits per heavy atom. The molecule has 3 saturated carbocycles. The molecule has 3 aliphatic carbocycles. The van der Waals surface area contributed by atoms with Crippen LogP contribution >= 0.6 is 0 Å². The van der Waals surface area contributed by atoms with Gasteiger partial charge in [-0.1, -0.05) is 154 Å². The van der Waals surface area contributed by atoms with Crippen LogP contribution in [0.3, 0.4) is 0 Å². The van der Waals surface area contributed by atoms with E-state index in [1.807, 2.05) is 0 Å². The topological polar surface area (TPSA) is 14.1 Å². The van der Waals surface area contributed by atoms with Gasteiger partial charge in [-0.15, -0.1) is 0 Å². The summed E-state index contributed by atoms with van der Waals surface area (Å²) in [5.74, 6) is 9.82. The third-order valence-electron chi connectivity index (χ3n) is 10.2. The second-order valence-electron chi connectivity index (χ2n) is 16.6. The van der Waals surface area contributed by atoms with Crippen LogP contribution in [0.25, 0.3) is 4.65 Å². The molecule has 11 radical (unpaired) electrons. The average Bonchev–Trinajstić information content (AvgIpc) is 3.44. The van der Waals surface area contributed by atoms with Gasteiger partial charge in [-0.05, 0) is 102 Å². The van der Waals surface area contributed by atoms with Gasteiger partial charge in [0.25, 0.3) is 0 Å². The standard InChI is InChI=1S/C32H44Si.C6H18NSi2.Y/c1-21-15-18-30(32(6,7)27-13-11-10-12-14-27)29(19-21)26-16-17-28(20-26)33(8,9)31-24(4)22(2)23(3)25(31)5;1-8(2,3)7-9(4,5)6;/h10-14,16-17,20-21,29-30H,15,18-19H2,1-9H3;1-6H3;/q;-1;/t21-,29+,30-;;/m1../s1. The van der Waals surface area contributed by atoms with Crippen LogP contribution in [0.1, 0.15) is 73.3 Å². The van der Waals surface area contributed by atoms with Gasteiger partial charge < -0.3 is 4.65 Å². The quantitative estimate of drug-likeness (QED) is 0.251. The van der Waals surface area contributed by atoms with Crippen molar-refractivity contribution in [3.05, 3.63) is 100 Å². The Hall–Kier alpha value is 0.935. The third-order valence-corrected chi connectivity index (χ3v) is 19.3. The predicted molar refractivity (Wildman–Crippen MR) is 195 cm³/mol. The molecule has 235 valence electrons. The van der Waals surface area contributed by atoms with E-state index in [1.54, 1.807) is 28.8 Å². The van der Waals surface area contributed by atoms with Gasteiger partial charge in [0.15, 0.2) is 0 Å². The fourth-order valence-corrected chi connectivity index (χ4v) is 19.7. The minimum atomic E-state index is -1.75. The molecular formula is C38H62NSi3Y-. The molecule has 1 aromatic carbocycles. The molecule has 0 saturated heterocycles. The summed E-state index contributed by atoms with van der Waals surface area (Å²) in [5.41, 5.74) is 4.96. The summed E-state index contributed by atoms with van der Waals surface area (Å²) in [6.45, 7) is 35.7. The molecule has 3 fully saturated rings. The SMILES string of the molecule is C[C]1[C](C)[C](C)[C]([Si](C)(C)[C]2[CH][CH][C]([C@@H]3C[C@H](C)CC[C@H]3C(C)(C)c3ccccc3)[CH]2)[C]1C.C[Si](C)(C)[N-][Si](C)(C)C.[Y]. The minimum Gasteiger partial charge on any atom is -0.668 e. The van der Waals surface area contributed by atoms with Gasteiger partial charge in [-0.25, -0.2) is 0 Å². The molecule has 3 aliphatic rings. The minimum absolute atomic E-state index is 0. The Kier molecular flexibility index (Phi) is 14.4. The normalized spacial score (nSPS) is 26.8. The van der Waals surface area contributed by atoms with Gasteiger partial charge in [-0.2, -0.15) is 0 Å². The van der Waals surface area contributed by atoms with Crippen molar-refractivity contribution in [3.63, 3.8) is 0 Å². The van der Waals surface area contributed by atoms with E-state index in [0.29, 0.717) is 11.8 Å². The number of nitrogens with zero attached hydrogens (tertiary/aromatic N) is 1. The molecule has 43 heavy (non-hydrogen) atoms. The maximum atomic E-state index is 4.82. The molecule has 4 rings (SSSR count). The molecular weight excluding hydrogens is 644 g/mol. The summed E-state index contributed by atoms with van der Waals surface area (Å²) in [6, 6.07) is 11.2. The van der Waals surface area contributed by atoms with Gasteiger partial charge in [0, 0.05) is 32.7 Å². The first-order valence-corrected chi connectivity index (χ1v) is 26.4. The van der Waals surface area contributed by atoms with Crippen molar-refractivity contribution in [2.75, 3.05) is 0 Å². The largest absolute Gasteiger partial charge is 0.668 e. The van der Waals surface area contributed by atoms with Crippen LogP contribution in [0, 0.1) is 77.7 Å². The first kappa shape index (κ1) is 40.1. The van der Waals surface area contributed by atoms with E-state index in [2.05, 4.69) is 150 Å². The molecule has 0 N–H and O–H groups in total. The molecule has 0 aliphatic heterocycles. The van der Waals surface area contributed by atoms with Crippen LogP contribution in [-0.4, -0.2) is 24.5 Å². The first-order chi connectivity index (χ1) is 19.2. The van der Waals surface area contributed by atoms with E-state index < -0.39 is 24.5 Å². The van der Waals surface area contributed by atoms with Gasteiger partial charge in [0.1, 0.15) is 0 Å². The molecule has 0 bridgehead atoms. The maximum absolute atomic E-state index is 4.82. The summed E-state index contributed by atoms with van der Waals surface area (Å²) in [4.78, 5) is 0. The average molecular weight is 706 g/mol. The monoisotopic (exact) mass is 705 g/mol. The van der Waals surface area contributed by atoms with Crippen LogP contribution in [0.4, 0.5) is 0 Å². The van der Waals surface area contributed by atoms with Crippen molar-refractivity contribution >= 4 is 24.5 Å². The van der Waals surface area contributed by atoms with E-state index in [4.69, 9.17) is 4.65 Å². The summed E-state index contributed by atoms with van der Waals surface area (Å²) in [7, 11) is -3.96. The molecule has 3 atom stereocenters. The van der Waals surface area contributed by atoms with Crippen molar-refractivity contribution in [2.24, 2.45) is 17.8 Å². The number of benzene rings is 1. The van der Waals surface area contributed by atoms with Gasteiger partial charge in [0.2, 0.25) is 0 Å². The zero-order valence-corrected chi connectivity index (χ0v) is 36.3. The van der Waals surface area contributed by atoms with E-state index in [1.165, 1.54) is 36.7 Å². The second kappa shape index (κ2) is 15.4. The Labute approximate surface area is 298 Å². The van der Waals surface area contributed by atoms with Gasteiger partial charge in [-0.3, -0.25) is 0 Å². The molecule has 1 nitrogen and oxygen atoms in total. The predicted octanol–water partition coefficient (Wildman–Crippen LogP) is 11.6. The van der Waals surface area contributed by atoms with Crippen molar-refractivity contribution in [3.8, 4) is 0 Å². The maximum Gasteiger partial charge on any atom is 0.0626 e. The van der Waals surface area contributed by atoms with Crippen molar-refractivity contribution in [1.82, 2.24) is 0 Å². The van der Waals surface area contributed by atoms with E-state index >= 15 is 0 Å². The second-order valence-corrected chi connectivity index (χ2v) is 30.5.